The number of anilines is 1. The van der Waals surface area contributed by atoms with Crippen molar-refractivity contribution >= 4 is 17.5 Å². The molecule has 3 N–H and O–H groups in total. The van der Waals surface area contributed by atoms with Crippen LogP contribution in [0.5, 0.6) is 5.75 Å². The number of hydrogen-bond donors (Lipinski definition) is 3. The fourth-order valence-electron chi connectivity index (χ4n) is 4.84. The normalized spacial score (nSPS) is 14.5. The number of rotatable bonds is 10. The Labute approximate surface area is 234 Å². The van der Waals surface area contributed by atoms with E-state index in [0.29, 0.717) is 17.2 Å². The van der Waals surface area contributed by atoms with E-state index in [1.54, 1.807) is 12.1 Å². The van der Waals surface area contributed by atoms with Crippen LogP contribution in [0.1, 0.15) is 69.9 Å². The zero-order valence-electron chi connectivity index (χ0n) is 22.0. The summed E-state index contributed by atoms with van der Waals surface area (Å²) in [5.41, 5.74) is 16.8. The van der Waals surface area contributed by atoms with Gasteiger partial charge in [0.2, 0.25) is 0 Å². The van der Waals surface area contributed by atoms with E-state index in [1.165, 1.54) is 54.0 Å². The first kappa shape index (κ1) is 29.4. The number of carbonyl (C=O) groups excluding carboxylic acids is 2. The Morgan fingerprint density at radius 2 is 1.46 bits per heavy atom. The zero-order valence-corrected chi connectivity index (χ0v) is 22.0. The maximum Gasteiger partial charge on any atom is 0.573 e. The largest absolute Gasteiger partial charge is 0.573 e. The minimum atomic E-state index is -4.84. The van der Waals surface area contributed by atoms with Crippen LogP contribution in [0.3, 0.4) is 0 Å². The molecule has 3 aromatic carbocycles. The van der Waals surface area contributed by atoms with Gasteiger partial charge in [0.05, 0.1) is 6.54 Å². The molecule has 0 saturated heterocycles. The van der Waals surface area contributed by atoms with Crippen LogP contribution in [0.25, 0.3) is 0 Å². The summed E-state index contributed by atoms with van der Waals surface area (Å²) in [6, 6.07) is 18.9. The van der Waals surface area contributed by atoms with Crippen molar-refractivity contribution in [3.8, 4) is 5.75 Å². The van der Waals surface area contributed by atoms with Gasteiger partial charge >= 0.3 is 6.36 Å². The second kappa shape index (κ2) is 13.2. The van der Waals surface area contributed by atoms with E-state index in [-0.39, 0.29) is 17.7 Å². The molecule has 4 rings (SSSR count). The van der Waals surface area contributed by atoms with Crippen LogP contribution < -0.4 is 15.0 Å². The summed E-state index contributed by atoms with van der Waals surface area (Å²) in [7, 11) is 0. The van der Waals surface area contributed by atoms with Crippen molar-refractivity contribution in [1.29, 1.82) is 11.1 Å². The van der Waals surface area contributed by atoms with Crippen molar-refractivity contribution in [1.82, 2.24) is 5.32 Å². The molecular weight excluding hydrogens is 537 g/mol. The zero-order chi connectivity index (χ0) is 29.4. The van der Waals surface area contributed by atoms with Gasteiger partial charge in [0, 0.05) is 16.8 Å². The van der Waals surface area contributed by atoms with E-state index < -0.39 is 30.2 Å². The molecule has 1 aliphatic carbocycles. The number of alkyl halides is 3. The minimum absolute atomic E-state index is 0.122. The summed E-state index contributed by atoms with van der Waals surface area (Å²) >= 11 is 0. The SMILES string of the molecule is N=NC(N=N)NC(=O)c1ccc(CN(C(=O)c2ccc(OC(F)(F)F)cc2)c2ccc(C3CCCCC3)cc2)cc1. The van der Waals surface area contributed by atoms with Crippen LogP contribution in [0.15, 0.2) is 83.0 Å². The lowest BCUT2D eigenvalue weighted by atomic mass is 9.84. The third-order valence-corrected chi connectivity index (χ3v) is 6.92. The molecule has 2 amide bonds. The van der Waals surface area contributed by atoms with E-state index in [2.05, 4.69) is 20.3 Å². The standard InChI is InChI=1S/C29H29F3N6O3/c30-29(31,32)41-25-16-12-23(13-17-25)27(40)38(24-14-10-21(11-15-24)20-4-2-1-3-5-20)18-19-6-8-22(9-7-19)26(39)35-28(36-33)37-34/h6-17,20,28,33-34H,1-5,18H2,(H,35,39). The van der Waals surface area contributed by atoms with E-state index in [9.17, 15) is 22.8 Å². The topological polar surface area (TPSA) is 131 Å². The van der Waals surface area contributed by atoms with Gasteiger partial charge in [-0.25, -0.2) is 11.1 Å². The number of benzene rings is 3. The van der Waals surface area contributed by atoms with Crippen LogP contribution in [0.2, 0.25) is 0 Å². The summed E-state index contributed by atoms with van der Waals surface area (Å²) in [5, 5.41) is 8.37. The number of ether oxygens (including phenoxy) is 1. The van der Waals surface area contributed by atoms with Crippen molar-refractivity contribution in [3.05, 3.63) is 95.1 Å². The predicted octanol–water partition coefficient (Wildman–Crippen LogP) is 7.56. The molecular formula is C29H29F3N6O3. The number of nitrogens with one attached hydrogen (secondary N) is 3. The average molecular weight is 567 g/mol. The van der Waals surface area contributed by atoms with Crippen LogP contribution in [0.4, 0.5) is 18.9 Å². The Morgan fingerprint density at radius 3 is 2.02 bits per heavy atom. The Kier molecular flexibility index (Phi) is 9.43. The molecule has 12 heteroatoms. The second-order valence-electron chi connectivity index (χ2n) is 9.69. The molecule has 0 radical (unpaired) electrons. The van der Waals surface area contributed by atoms with Gasteiger partial charge in [0.1, 0.15) is 5.75 Å². The molecule has 0 unspecified atom stereocenters. The molecule has 0 heterocycles. The molecule has 1 saturated carbocycles. The summed E-state index contributed by atoms with van der Waals surface area (Å²) in [4.78, 5) is 27.5. The third kappa shape index (κ3) is 7.96. The molecule has 3 aromatic rings. The molecule has 0 aromatic heterocycles. The average Bonchev–Trinajstić information content (AvgIpc) is 2.98. The first-order valence-corrected chi connectivity index (χ1v) is 13.1. The highest BCUT2D eigenvalue weighted by Crippen LogP contribution is 2.34. The van der Waals surface area contributed by atoms with Crippen LogP contribution in [-0.4, -0.2) is 24.5 Å². The number of carbonyl (C=O) groups is 2. The molecule has 0 aliphatic heterocycles. The van der Waals surface area contributed by atoms with Gasteiger partial charge in [-0.1, -0.05) is 43.5 Å². The van der Waals surface area contributed by atoms with Crippen LogP contribution in [-0.2, 0) is 6.54 Å². The van der Waals surface area contributed by atoms with Crippen molar-refractivity contribution < 1.29 is 27.5 Å². The smallest absolute Gasteiger partial charge is 0.406 e. The van der Waals surface area contributed by atoms with E-state index >= 15 is 0 Å². The van der Waals surface area contributed by atoms with Crippen LogP contribution in [0, 0.1) is 11.1 Å². The second-order valence-corrected chi connectivity index (χ2v) is 9.69. The van der Waals surface area contributed by atoms with Crippen molar-refractivity contribution in [2.45, 2.75) is 57.2 Å². The molecule has 1 fully saturated rings. The first-order chi connectivity index (χ1) is 19.7. The quantitative estimate of drug-likeness (QED) is 0.219. The highest BCUT2D eigenvalue weighted by molar-refractivity contribution is 6.06. The van der Waals surface area contributed by atoms with Gasteiger partial charge in [-0.3, -0.25) is 9.59 Å². The summed E-state index contributed by atoms with van der Waals surface area (Å²) in [5.74, 6) is -0.939. The lowest BCUT2D eigenvalue weighted by Crippen LogP contribution is -2.31. The Hall–Kier alpha value is -4.61. The van der Waals surface area contributed by atoms with Gasteiger partial charge in [-0.2, -0.15) is 0 Å². The molecule has 9 nitrogen and oxygen atoms in total. The third-order valence-electron chi connectivity index (χ3n) is 6.92. The maximum atomic E-state index is 13.6. The summed E-state index contributed by atoms with van der Waals surface area (Å²) in [6.07, 6.45) is -0.274. The molecule has 0 bridgehead atoms. The summed E-state index contributed by atoms with van der Waals surface area (Å²) < 4.78 is 41.7. The Balaban J connectivity index is 1.58. The molecule has 0 atom stereocenters. The summed E-state index contributed by atoms with van der Waals surface area (Å²) in [6.45, 7) is 0.122. The number of nitrogens with zero attached hydrogens (tertiary/aromatic N) is 3. The van der Waals surface area contributed by atoms with Gasteiger partial charge < -0.3 is 15.0 Å². The fraction of sp³-hybridized carbons (Fsp3) is 0.310. The predicted molar refractivity (Wildman–Crippen MR) is 144 cm³/mol. The lowest BCUT2D eigenvalue weighted by molar-refractivity contribution is -0.274. The highest BCUT2D eigenvalue weighted by Gasteiger charge is 2.31. The van der Waals surface area contributed by atoms with Crippen molar-refractivity contribution in [2.75, 3.05) is 4.90 Å². The van der Waals surface area contributed by atoms with Gasteiger partial charge in [0.15, 0.2) is 0 Å². The van der Waals surface area contributed by atoms with Gasteiger partial charge in [0.25, 0.3) is 18.1 Å². The van der Waals surface area contributed by atoms with Gasteiger partial charge in [-0.15, -0.1) is 23.4 Å². The monoisotopic (exact) mass is 566 g/mol. The lowest BCUT2D eigenvalue weighted by Gasteiger charge is -2.26. The number of hydrogen-bond acceptors (Lipinski definition) is 7. The Bertz CT molecular complexity index is 1350. The maximum absolute atomic E-state index is 13.6. The van der Waals surface area contributed by atoms with E-state index in [4.69, 9.17) is 11.1 Å². The first-order valence-electron chi connectivity index (χ1n) is 13.1. The molecule has 0 spiro atoms. The van der Waals surface area contributed by atoms with E-state index in [0.717, 1.165) is 25.0 Å². The van der Waals surface area contributed by atoms with Crippen LogP contribution >= 0.6 is 0 Å². The van der Waals surface area contributed by atoms with Crippen molar-refractivity contribution in [2.24, 2.45) is 10.2 Å². The number of halogens is 3. The molecule has 1 aliphatic rings. The highest BCUT2D eigenvalue weighted by atomic mass is 19.4. The van der Waals surface area contributed by atoms with Crippen molar-refractivity contribution in [3.63, 3.8) is 0 Å². The fourth-order valence-corrected chi connectivity index (χ4v) is 4.84. The Morgan fingerprint density at radius 1 is 0.878 bits per heavy atom. The number of amides is 2. The van der Waals surface area contributed by atoms with E-state index in [1.807, 2.05) is 24.3 Å². The molecule has 214 valence electrons. The van der Waals surface area contributed by atoms with Gasteiger partial charge in [-0.05, 0) is 78.4 Å². The minimum Gasteiger partial charge on any atom is -0.406 e. The molecule has 41 heavy (non-hydrogen) atoms.